The number of hydrogen-bond acceptors (Lipinski definition) is 2. The molecule has 0 atom stereocenters. The van der Waals surface area contributed by atoms with Gasteiger partial charge in [0.2, 0.25) is 5.91 Å². The van der Waals surface area contributed by atoms with Gasteiger partial charge in [-0.15, -0.1) is 0 Å². The summed E-state index contributed by atoms with van der Waals surface area (Å²) >= 11 is 5.97. The first-order valence-electron chi connectivity index (χ1n) is 6.48. The Kier molecular flexibility index (Phi) is 4.45. The van der Waals surface area contributed by atoms with E-state index in [-0.39, 0.29) is 5.91 Å². The van der Waals surface area contributed by atoms with Gasteiger partial charge in [0.15, 0.2) is 0 Å². The van der Waals surface area contributed by atoms with Gasteiger partial charge in [0.25, 0.3) is 0 Å². The average molecular weight is 292 g/mol. The normalized spacial score (nSPS) is 11.3. The number of hydrogen-bond donors (Lipinski definition) is 2. The number of nitrogens with zero attached hydrogens (tertiary/aromatic N) is 1. The van der Waals surface area contributed by atoms with E-state index in [9.17, 15) is 4.79 Å². The van der Waals surface area contributed by atoms with Crippen LogP contribution < -0.4 is 5.32 Å². The summed E-state index contributed by atoms with van der Waals surface area (Å²) in [4.78, 5) is 12.3. The summed E-state index contributed by atoms with van der Waals surface area (Å²) in [5, 5.41) is 10.3. The van der Waals surface area contributed by atoms with Crippen LogP contribution in [0.4, 0.5) is 0 Å². The Hall–Kier alpha value is -1.81. The zero-order valence-electron chi connectivity index (χ0n) is 11.6. The van der Waals surface area contributed by atoms with Gasteiger partial charge in [-0.2, -0.15) is 5.10 Å². The second kappa shape index (κ2) is 6.09. The predicted octanol–water partition coefficient (Wildman–Crippen LogP) is 2.95. The highest BCUT2D eigenvalue weighted by molar-refractivity contribution is 6.30. The maximum absolute atomic E-state index is 12.3. The second-order valence-electron chi connectivity index (χ2n) is 5.46. The summed E-state index contributed by atoms with van der Waals surface area (Å²) in [5.41, 5.74) is 1.45. The minimum atomic E-state index is -0.495. The molecule has 0 fully saturated rings. The van der Waals surface area contributed by atoms with Crippen LogP contribution in [0.3, 0.4) is 0 Å². The first-order valence-corrected chi connectivity index (χ1v) is 6.86. The molecule has 5 heteroatoms. The average Bonchev–Trinajstić information content (AvgIpc) is 2.88. The molecule has 2 aromatic rings. The van der Waals surface area contributed by atoms with Gasteiger partial charge in [0.1, 0.15) is 0 Å². The van der Waals surface area contributed by atoms with Gasteiger partial charge >= 0.3 is 0 Å². The van der Waals surface area contributed by atoms with Gasteiger partial charge in [0.05, 0.1) is 12.2 Å². The van der Waals surface area contributed by atoms with Crippen molar-refractivity contribution in [2.45, 2.75) is 26.8 Å². The molecule has 0 bridgehead atoms. The van der Waals surface area contributed by atoms with Gasteiger partial charge in [0, 0.05) is 16.6 Å². The lowest BCUT2D eigenvalue weighted by atomic mass is 9.85. The molecule has 2 N–H and O–H groups in total. The van der Waals surface area contributed by atoms with Gasteiger partial charge in [-0.1, -0.05) is 37.6 Å². The molecular formula is C15H18ClN3O. The summed E-state index contributed by atoms with van der Waals surface area (Å²) in [6.07, 6.45) is 2.31. The molecule has 1 amide bonds. The van der Waals surface area contributed by atoms with E-state index in [1.807, 2.05) is 44.2 Å². The molecule has 20 heavy (non-hydrogen) atoms. The number of carbonyl (C=O) groups excluding carboxylic acids is 1. The van der Waals surface area contributed by atoms with E-state index in [0.717, 1.165) is 11.3 Å². The maximum Gasteiger partial charge on any atom is 0.226 e. The number of benzene rings is 1. The lowest BCUT2D eigenvalue weighted by molar-refractivity contribution is -0.129. The van der Waals surface area contributed by atoms with Crippen molar-refractivity contribution < 1.29 is 4.79 Å². The fourth-order valence-electron chi connectivity index (χ4n) is 2.04. The zero-order chi connectivity index (χ0) is 14.6. The Balaban J connectivity index is 1.96. The topological polar surface area (TPSA) is 57.8 Å². The number of rotatable bonds is 5. The Morgan fingerprint density at radius 3 is 2.85 bits per heavy atom. The van der Waals surface area contributed by atoms with E-state index in [2.05, 4.69) is 15.5 Å². The van der Waals surface area contributed by atoms with Crippen molar-refractivity contribution in [3.8, 4) is 0 Å². The quantitative estimate of drug-likeness (QED) is 0.890. The smallest absolute Gasteiger partial charge is 0.226 e. The van der Waals surface area contributed by atoms with Crippen LogP contribution in [0.15, 0.2) is 36.5 Å². The van der Waals surface area contributed by atoms with E-state index in [0.29, 0.717) is 18.0 Å². The van der Waals surface area contributed by atoms with Gasteiger partial charge in [-0.05, 0) is 30.2 Å². The molecule has 106 valence electrons. The van der Waals surface area contributed by atoms with Crippen LogP contribution in [0.25, 0.3) is 0 Å². The van der Waals surface area contributed by atoms with Crippen LogP contribution in [0.5, 0.6) is 0 Å². The van der Waals surface area contributed by atoms with Crippen molar-refractivity contribution in [1.82, 2.24) is 15.5 Å². The molecule has 0 spiro atoms. The molecule has 1 aromatic heterocycles. The monoisotopic (exact) mass is 291 g/mol. The molecule has 1 aromatic carbocycles. The van der Waals surface area contributed by atoms with E-state index in [4.69, 9.17) is 11.6 Å². The Labute approximate surface area is 123 Å². The molecule has 0 unspecified atom stereocenters. The molecule has 0 saturated heterocycles. The molecule has 2 rings (SSSR count). The SMILES string of the molecule is CC(C)(Cc1cccc(Cl)c1)C(=O)NCc1ccn[nH]1. The minimum Gasteiger partial charge on any atom is -0.350 e. The van der Waals surface area contributed by atoms with Crippen molar-refractivity contribution in [3.63, 3.8) is 0 Å². The van der Waals surface area contributed by atoms with Crippen molar-refractivity contribution >= 4 is 17.5 Å². The molecule has 0 aliphatic carbocycles. The van der Waals surface area contributed by atoms with Gasteiger partial charge in [-0.25, -0.2) is 0 Å². The van der Waals surface area contributed by atoms with Crippen LogP contribution in [0, 0.1) is 5.41 Å². The summed E-state index contributed by atoms with van der Waals surface area (Å²) in [5.74, 6) is 0.00655. The van der Waals surface area contributed by atoms with E-state index in [1.54, 1.807) is 6.20 Å². The summed E-state index contributed by atoms with van der Waals surface area (Å²) in [6.45, 7) is 4.31. The lowest BCUT2D eigenvalue weighted by Crippen LogP contribution is -2.38. The van der Waals surface area contributed by atoms with Crippen molar-refractivity contribution in [3.05, 3.63) is 52.8 Å². The van der Waals surface area contributed by atoms with Crippen molar-refractivity contribution in [1.29, 1.82) is 0 Å². The Morgan fingerprint density at radius 1 is 1.40 bits per heavy atom. The number of aromatic amines is 1. The van der Waals surface area contributed by atoms with Crippen molar-refractivity contribution in [2.24, 2.45) is 5.41 Å². The highest BCUT2D eigenvalue weighted by Gasteiger charge is 2.27. The third-order valence-electron chi connectivity index (χ3n) is 3.15. The molecule has 0 aliphatic heterocycles. The van der Waals surface area contributed by atoms with Gasteiger partial charge < -0.3 is 5.32 Å². The second-order valence-corrected chi connectivity index (χ2v) is 5.89. The first-order chi connectivity index (χ1) is 9.47. The largest absolute Gasteiger partial charge is 0.350 e. The van der Waals surface area contributed by atoms with Crippen LogP contribution in [0.2, 0.25) is 5.02 Å². The molecule has 1 heterocycles. The zero-order valence-corrected chi connectivity index (χ0v) is 12.4. The highest BCUT2D eigenvalue weighted by Crippen LogP contribution is 2.23. The minimum absolute atomic E-state index is 0.00655. The predicted molar refractivity (Wildman–Crippen MR) is 79.4 cm³/mol. The van der Waals surface area contributed by atoms with Crippen LogP contribution in [-0.2, 0) is 17.8 Å². The van der Waals surface area contributed by atoms with Crippen LogP contribution >= 0.6 is 11.6 Å². The third kappa shape index (κ3) is 3.84. The number of H-pyrrole nitrogens is 1. The fraction of sp³-hybridized carbons (Fsp3) is 0.333. The Morgan fingerprint density at radius 2 is 2.20 bits per heavy atom. The van der Waals surface area contributed by atoms with E-state index >= 15 is 0 Å². The number of aromatic nitrogens is 2. The fourth-order valence-corrected chi connectivity index (χ4v) is 2.25. The number of nitrogens with one attached hydrogen (secondary N) is 2. The van der Waals surface area contributed by atoms with Crippen molar-refractivity contribution in [2.75, 3.05) is 0 Å². The molecular weight excluding hydrogens is 274 g/mol. The third-order valence-corrected chi connectivity index (χ3v) is 3.38. The molecule has 0 saturated carbocycles. The van der Waals surface area contributed by atoms with Gasteiger partial charge in [-0.3, -0.25) is 9.89 Å². The molecule has 4 nitrogen and oxygen atoms in total. The first kappa shape index (κ1) is 14.6. The van der Waals surface area contributed by atoms with E-state index in [1.165, 1.54) is 0 Å². The lowest BCUT2D eigenvalue weighted by Gasteiger charge is -2.23. The molecule has 0 radical (unpaired) electrons. The maximum atomic E-state index is 12.3. The molecule has 0 aliphatic rings. The van der Waals surface area contributed by atoms with Crippen LogP contribution in [0.1, 0.15) is 25.1 Å². The number of halogens is 1. The number of amides is 1. The number of carbonyl (C=O) groups is 1. The summed E-state index contributed by atoms with van der Waals surface area (Å²) in [6, 6.07) is 9.44. The Bertz CT molecular complexity index is 579. The van der Waals surface area contributed by atoms with E-state index < -0.39 is 5.41 Å². The standard InChI is InChI=1S/C15H18ClN3O/c1-15(2,9-11-4-3-5-12(16)8-11)14(20)17-10-13-6-7-18-19-13/h3-8H,9-10H2,1-2H3,(H,17,20)(H,18,19). The highest BCUT2D eigenvalue weighted by atomic mass is 35.5. The van der Waals surface area contributed by atoms with Crippen LogP contribution in [-0.4, -0.2) is 16.1 Å². The summed E-state index contributed by atoms with van der Waals surface area (Å²) < 4.78 is 0. The summed E-state index contributed by atoms with van der Waals surface area (Å²) in [7, 11) is 0.